The number of nitrogens with zero attached hydrogens (tertiary/aromatic N) is 1. The number of nitrogens with two attached hydrogens (primary N) is 1. The van der Waals surface area contributed by atoms with Crippen LogP contribution in [0.2, 0.25) is 0 Å². The number of fused-ring (bicyclic) bond motifs is 4. The Hall–Kier alpha value is -1.48. The van der Waals surface area contributed by atoms with Crippen LogP contribution in [-0.4, -0.2) is 17.2 Å². The van der Waals surface area contributed by atoms with Crippen molar-refractivity contribution in [2.75, 3.05) is 0 Å². The predicted molar refractivity (Wildman–Crippen MR) is 72.2 cm³/mol. The number of aliphatic imine (C=N–C) groups is 1. The summed E-state index contributed by atoms with van der Waals surface area (Å²) in [5.41, 5.74) is 9.92. The standard InChI is InChI=1S/C15H18N2O/c1-3-11-10-6-9(2)8-15(11,16)12-4-5-14(18)17-13(12)7-10/h3-6,10,12H,7-8,16H2,1-2H3/b11-3+. The predicted octanol–water partition coefficient (Wildman–Crippen LogP) is 2.15. The molecule has 3 unspecified atom stereocenters. The van der Waals surface area contributed by atoms with Gasteiger partial charge in [-0.3, -0.25) is 4.79 Å². The van der Waals surface area contributed by atoms with Crippen molar-refractivity contribution in [2.24, 2.45) is 22.6 Å². The van der Waals surface area contributed by atoms with Crippen LogP contribution in [0.5, 0.6) is 0 Å². The van der Waals surface area contributed by atoms with Crippen molar-refractivity contribution in [1.29, 1.82) is 0 Å². The smallest absolute Gasteiger partial charge is 0.269 e. The molecule has 18 heavy (non-hydrogen) atoms. The lowest BCUT2D eigenvalue weighted by molar-refractivity contribution is -0.113. The zero-order valence-electron chi connectivity index (χ0n) is 10.8. The SMILES string of the molecule is C/C=C1\C2C=C(C)CC1(N)C1C=CC(=O)N=C1C2. The van der Waals surface area contributed by atoms with Crippen LogP contribution in [0.1, 0.15) is 26.7 Å². The van der Waals surface area contributed by atoms with Crippen LogP contribution in [0, 0.1) is 11.8 Å². The molecule has 3 rings (SSSR count). The first-order chi connectivity index (χ1) is 8.54. The molecule has 0 aromatic rings. The molecule has 94 valence electrons. The number of carbonyl (C=O) groups excluding carboxylic acids is 1. The van der Waals surface area contributed by atoms with E-state index >= 15 is 0 Å². The molecule has 3 aliphatic rings. The summed E-state index contributed by atoms with van der Waals surface area (Å²) >= 11 is 0. The molecule has 2 aliphatic carbocycles. The van der Waals surface area contributed by atoms with E-state index < -0.39 is 0 Å². The number of carbonyl (C=O) groups is 1. The van der Waals surface area contributed by atoms with E-state index in [2.05, 4.69) is 31.0 Å². The summed E-state index contributed by atoms with van der Waals surface area (Å²) in [4.78, 5) is 15.6. The van der Waals surface area contributed by atoms with Crippen molar-refractivity contribution < 1.29 is 4.79 Å². The third-order valence-electron chi connectivity index (χ3n) is 4.33. The summed E-state index contributed by atoms with van der Waals surface area (Å²) in [5.74, 6) is 0.261. The van der Waals surface area contributed by atoms with Crippen LogP contribution in [0.25, 0.3) is 0 Å². The Labute approximate surface area is 107 Å². The van der Waals surface area contributed by atoms with Gasteiger partial charge in [0.15, 0.2) is 0 Å². The molecule has 1 heterocycles. The zero-order chi connectivity index (χ0) is 12.9. The molecule has 0 saturated heterocycles. The molecule has 0 spiro atoms. The normalized spacial score (nSPS) is 40.4. The Kier molecular flexibility index (Phi) is 2.42. The first-order valence-electron chi connectivity index (χ1n) is 6.47. The van der Waals surface area contributed by atoms with Crippen LogP contribution in [-0.2, 0) is 4.79 Å². The summed E-state index contributed by atoms with van der Waals surface area (Å²) in [7, 11) is 0. The number of hydrogen-bond acceptors (Lipinski definition) is 2. The number of allylic oxidation sites excluding steroid dienone is 2. The Morgan fingerprint density at radius 1 is 1.56 bits per heavy atom. The van der Waals surface area contributed by atoms with Gasteiger partial charge < -0.3 is 5.73 Å². The third kappa shape index (κ3) is 1.47. The molecule has 1 fully saturated rings. The fraction of sp³-hybridized carbons (Fsp3) is 0.467. The lowest BCUT2D eigenvalue weighted by Gasteiger charge is -2.49. The van der Waals surface area contributed by atoms with E-state index in [1.807, 2.05) is 6.08 Å². The number of amides is 1. The molecule has 2 N–H and O–H groups in total. The van der Waals surface area contributed by atoms with Crippen molar-refractivity contribution in [3.8, 4) is 0 Å². The second-order valence-electron chi connectivity index (χ2n) is 5.56. The lowest BCUT2D eigenvalue weighted by atomic mass is 9.58. The Bertz CT molecular complexity index is 539. The first-order valence-corrected chi connectivity index (χ1v) is 6.47. The van der Waals surface area contributed by atoms with Gasteiger partial charge in [-0.05, 0) is 32.3 Å². The molecule has 1 saturated carbocycles. The monoisotopic (exact) mass is 242 g/mol. The minimum absolute atomic E-state index is 0.0845. The van der Waals surface area contributed by atoms with Crippen LogP contribution in [0.15, 0.2) is 40.4 Å². The highest BCUT2D eigenvalue weighted by atomic mass is 16.1. The van der Waals surface area contributed by atoms with Crippen molar-refractivity contribution in [3.05, 3.63) is 35.5 Å². The summed E-state index contributed by atoms with van der Waals surface area (Å²) < 4.78 is 0. The van der Waals surface area contributed by atoms with E-state index in [9.17, 15) is 4.79 Å². The van der Waals surface area contributed by atoms with Crippen molar-refractivity contribution in [1.82, 2.24) is 0 Å². The minimum atomic E-state index is -0.382. The fourth-order valence-electron chi connectivity index (χ4n) is 3.75. The van der Waals surface area contributed by atoms with E-state index in [1.165, 1.54) is 11.1 Å². The summed E-state index contributed by atoms with van der Waals surface area (Å²) in [5, 5.41) is 0. The molecule has 3 heteroatoms. The van der Waals surface area contributed by atoms with Crippen LogP contribution in [0.3, 0.4) is 0 Å². The van der Waals surface area contributed by atoms with Crippen molar-refractivity contribution in [2.45, 2.75) is 32.2 Å². The summed E-state index contributed by atoms with van der Waals surface area (Å²) in [6.07, 6.45) is 9.62. The van der Waals surface area contributed by atoms with E-state index in [1.54, 1.807) is 6.08 Å². The van der Waals surface area contributed by atoms with Gasteiger partial charge in [0.25, 0.3) is 5.91 Å². The zero-order valence-corrected chi connectivity index (χ0v) is 10.8. The average molecular weight is 242 g/mol. The number of hydrogen-bond donors (Lipinski definition) is 1. The molecule has 0 aromatic carbocycles. The summed E-state index contributed by atoms with van der Waals surface area (Å²) in [6, 6.07) is 0. The van der Waals surface area contributed by atoms with Crippen molar-refractivity contribution in [3.63, 3.8) is 0 Å². The van der Waals surface area contributed by atoms with Crippen LogP contribution in [0.4, 0.5) is 0 Å². The third-order valence-corrected chi connectivity index (χ3v) is 4.33. The van der Waals surface area contributed by atoms with E-state index in [-0.39, 0.29) is 17.4 Å². The van der Waals surface area contributed by atoms with Gasteiger partial charge in [0, 0.05) is 23.6 Å². The quantitative estimate of drug-likeness (QED) is 0.662. The van der Waals surface area contributed by atoms with Gasteiger partial charge >= 0.3 is 0 Å². The highest BCUT2D eigenvalue weighted by Crippen LogP contribution is 2.47. The molecule has 1 aliphatic heterocycles. The number of dihydropyridines is 1. The minimum Gasteiger partial charge on any atom is -0.321 e. The lowest BCUT2D eigenvalue weighted by Crippen LogP contribution is -2.58. The van der Waals surface area contributed by atoms with Crippen LogP contribution >= 0.6 is 0 Å². The molecule has 3 nitrogen and oxygen atoms in total. The van der Waals surface area contributed by atoms with Gasteiger partial charge in [-0.2, -0.15) is 0 Å². The van der Waals surface area contributed by atoms with Gasteiger partial charge in [-0.25, -0.2) is 4.99 Å². The van der Waals surface area contributed by atoms with Gasteiger partial charge in [-0.15, -0.1) is 0 Å². The molecular formula is C15H18N2O. The summed E-state index contributed by atoms with van der Waals surface area (Å²) in [6.45, 7) is 4.19. The second kappa shape index (κ2) is 3.75. The van der Waals surface area contributed by atoms with Crippen LogP contribution < -0.4 is 5.73 Å². The Morgan fingerprint density at radius 2 is 2.33 bits per heavy atom. The maximum absolute atomic E-state index is 11.4. The fourth-order valence-corrected chi connectivity index (χ4v) is 3.75. The molecular weight excluding hydrogens is 224 g/mol. The molecule has 0 aromatic heterocycles. The largest absolute Gasteiger partial charge is 0.321 e. The maximum Gasteiger partial charge on any atom is 0.269 e. The van der Waals surface area contributed by atoms with Gasteiger partial charge in [0.05, 0.1) is 5.54 Å². The molecule has 3 atom stereocenters. The average Bonchev–Trinajstić information content (AvgIpc) is 2.26. The highest BCUT2D eigenvalue weighted by Gasteiger charge is 2.49. The molecule has 1 amide bonds. The second-order valence-corrected chi connectivity index (χ2v) is 5.56. The van der Waals surface area contributed by atoms with Crippen molar-refractivity contribution >= 4 is 11.6 Å². The number of rotatable bonds is 0. The topological polar surface area (TPSA) is 55.5 Å². The van der Waals surface area contributed by atoms with E-state index in [0.29, 0.717) is 5.92 Å². The maximum atomic E-state index is 11.4. The molecule has 0 radical (unpaired) electrons. The van der Waals surface area contributed by atoms with E-state index in [4.69, 9.17) is 5.73 Å². The van der Waals surface area contributed by atoms with Gasteiger partial charge in [-0.1, -0.05) is 23.8 Å². The van der Waals surface area contributed by atoms with Gasteiger partial charge in [0.1, 0.15) is 0 Å². The Balaban J connectivity index is 2.15. The highest BCUT2D eigenvalue weighted by molar-refractivity contribution is 6.06. The first kappa shape index (κ1) is 11.6. The van der Waals surface area contributed by atoms with Gasteiger partial charge in [0.2, 0.25) is 0 Å². The molecule has 2 bridgehead atoms. The van der Waals surface area contributed by atoms with E-state index in [0.717, 1.165) is 18.6 Å². The Morgan fingerprint density at radius 3 is 3.06 bits per heavy atom.